The molecule has 0 saturated carbocycles. The van der Waals surface area contributed by atoms with Crippen LogP contribution in [0.2, 0.25) is 0 Å². The summed E-state index contributed by atoms with van der Waals surface area (Å²) < 4.78 is 3.84. The third-order valence-electron chi connectivity index (χ3n) is 8.64. The van der Waals surface area contributed by atoms with Crippen LogP contribution in [0.15, 0.2) is 66.8 Å². The molecule has 39 heavy (non-hydrogen) atoms. The standard InChI is InChI=1S/C31H34N2O5S/c1-19(2)16-23(18-34)33-26-28(36)32(22-11-10-20-8-4-5-9-21(20)17-22)14-6-13-31(26)24(27(33)35)25-29(37)38-15-7-12-30(25,3)39-31/h4-13,17,19,23-26,34H,14-16,18H2,1-3H3/t23-,24+,25+,26?,30-,31+/m1/s1. The molecule has 8 heteroatoms. The first-order valence-electron chi connectivity index (χ1n) is 13.7. The molecule has 6 atom stereocenters. The van der Waals surface area contributed by atoms with Gasteiger partial charge in [-0.25, -0.2) is 0 Å². The van der Waals surface area contributed by atoms with Crippen molar-refractivity contribution in [1.82, 2.24) is 4.90 Å². The van der Waals surface area contributed by atoms with E-state index in [1.54, 1.807) is 9.80 Å². The maximum atomic E-state index is 14.7. The predicted molar refractivity (Wildman–Crippen MR) is 152 cm³/mol. The maximum absolute atomic E-state index is 14.7. The Balaban J connectivity index is 1.50. The van der Waals surface area contributed by atoms with E-state index in [-0.39, 0.29) is 30.9 Å². The highest BCUT2D eigenvalue weighted by Crippen LogP contribution is 2.65. The van der Waals surface area contributed by atoms with Crippen LogP contribution in [0.25, 0.3) is 10.8 Å². The number of esters is 1. The molecule has 1 unspecified atom stereocenters. The van der Waals surface area contributed by atoms with Crippen LogP contribution in [-0.2, 0) is 19.1 Å². The van der Waals surface area contributed by atoms with Gasteiger partial charge in [-0.2, -0.15) is 0 Å². The summed E-state index contributed by atoms with van der Waals surface area (Å²) >= 11 is 1.52. The van der Waals surface area contributed by atoms with Gasteiger partial charge in [0.1, 0.15) is 12.6 Å². The van der Waals surface area contributed by atoms with E-state index in [1.807, 2.05) is 87.5 Å². The second kappa shape index (κ2) is 9.52. The molecule has 0 radical (unpaired) electrons. The number of fused-ring (bicyclic) bond motifs is 3. The summed E-state index contributed by atoms with van der Waals surface area (Å²) in [5.41, 5.74) is 0.753. The van der Waals surface area contributed by atoms with Gasteiger partial charge in [0.25, 0.3) is 5.91 Å². The maximum Gasteiger partial charge on any atom is 0.311 e. The average Bonchev–Trinajstić information content (AvgIpc) is 3.17. The van der Waals surface area contributed by atoms with Crippen molar-refractivity contribution in [3.63, 3.8) is 0 Å². The van der Waals surface area contributed by atoms with Crippen molar-refractivity contribution in [3.05, 3.63) is 66.8 Å². The molecule has 1 spiro atoms. The average molecular weight is 547 g/mol. The van der Waals surface area contributed by atoms with Crippen molar-refractivity contribution >= 4 is 46.0 Å². The lowest BCUT2D eigenvalue weighted by atomic mass is 9.75. The van der Waals surface area contributed by atoms with Gasteiger partial charge < -0.3 is 19.6 Å². The highest BCUT2D eigenvalue weighted by Gasteiger charge is 2.74. The van der Waals surface area contributed by atoms with E-state index < -0.39 is 39.4 Å². The minimum Gasteiger partial charge on any atom is -0.461 e. The molecule has 4 heterocycles. The number of hydrogen-bond donors (Lipinski definition) is 1. The summed E-state index contributed by atoms with van der Waals surface area (Å²) in [5, 5.41) is 12.6. The van der Waals surface area contributed by atoms with Gasteiger partial charge in [0.2, 0.25) is 5.91 Å². The normalized spacial score (nSPS) is 32.6. The molecule has 6 rings (SSSR count). The van der Waals surface area contributed by atoms with Gasteiger partial charge in [-0.3, -0.25) is 14.4 Å². The van der Waals surface area contributed by atoms with Crippen molar-refractivity contribution in [2.24, 2.45) is 17.8 Å². The highest BCUT2D eigenvalue weighted by molar-refractivity contribution is 8.02. The fourth-order valence-corrected chi connectivity index (χ4v) is 9.22. The Kier molecular flexibility index (Phi) is 6.38. The van der Waals surface area contributed by atoms with Gasteiger partial charge in [0, 0.05) is 17.0 Å². The number of cyclic esters (lactones) is 1. The number of hydrogen-bond acceptors (Lipinski definition) is 6. The molecule has 2 amide bonds. The molecule has 7 nitrogen and oxygen atoms in total. The number of amides is 2. The van der Waals surface area contributed by atoms with E-state index in [0.717, 1.165) is 16.5 Å². The van der Waals surface area contributed by atoms with Crippen molar-refractivity contribution in [1.29, 1.82) is 0 Å². The largest absolute Gasteiger partial charge is 0.461 e. The van der Waals surface area contributed by atoms with E-state index >= 15 is 0 Å². The van der Waals surface area contributed by atoms with E-state index in [4.69, 9.17) is 4.74 Å². The lowest BCUT2D eigenvalue weighted by Gasteiger charge is -2.40. The van der Waals surface area contributed by atoms with Crippen LogP contribution in [0.3, 0.4) is 0 Å². The SMILES string of the molecule is CC(C)C[C@H](CO)N1C(=O)[C@@H]2[C@H]3C(=O)OCC=C[C@@]3(C)S[C@@]23C=CCN(c2ccc4ccccc4c2)C(=O)C13. The summed E-state index contributed by atoms with van der Waals surface area (Å²) in [6.45, 7) is 6.30. The Morgan fingerprint density at radius 2 is 1.79 bits per heavy atom. The smallest absolute Gasteiger partial charge is 0.311 e. The summed E-state index contributed by atoms with van der Waals surface area (Å²) in [6, 6.07) is 12.5. The zero-order valence-corrected chi connectivity index (χ0v) is 23.3. The fourth-order valence-electron chi connectivity index (χ4n) is 7.08. The van der Waals surface area contributed by atoms with Gasteiger partial charge in [0.15, 0.2) is 0 Å². The number of carbonyl (C=O) groups is 3. The molecule has 0 aliphatic carbocycles. The third kappa shape index (κ3) is 3.94. The first kappa shape index (κ1) is 26.1. The molecular formula is C31H34N2O5S. The Hall–Kier alpha value is -3.10. The number of thioether (sulfide) groups is 1. The fraction of sp³-hybridized carbons (Fsp3) is 0.452. The molecule has 0 aromatic heterocycles. The lowest BCUT2D eigenvalue weighted by Crippen LogP contribution is -2.57. The second-order valence-electron chi connectivity index (χ2n) is 11.6. The van der Waals surface area contributed by atoms with Gasteiger partial charge in [-0.15, -0.1) is 11.8 Å². The molecule has 4 aliphatic rings. The molecule has 4 aliphatic heterocycles. The van der Waals surface area contributed by atoms with E-state index in [1.165, 1.54) is 11.8 Å². The van der Waals surface area contributed by atoms with Gasteiger partial charge in [-0.05, 0) is 48.2 Å². The van der Waals surface area contributed by atoms with Crippen LogP contribution in [0, 0.1) is 17.8 Å². The number of ether oxygens (including phenoxy) is 1. The van der Waals surface area contributed by atoms with Crippen LogP contribution in [0.4, 0.5) is 5.69 Å². The lowest BCUT2D eigenvalue weighted by molar-refractivity contribution is -0.153. The monoisotopic (exact) mass is 546 g/mol. The first-order valence-corrected chi connectivity index (χ1v) is 14.5. The predicted octanol–water partition coefficient (Wildman–Crippen LogP) is 3.95. The number of likely N-dealkylation sites (tertiary alicyclic amines) is 1. The minimum atomic E-state index is -0.968. The highest BCUT2D eigenvalue weighted by atomic mass is 32.2. The summed E-state index contributed by atoms with van der Waals surface area (Å²) in [4.78, 5) is 45.8. The molecule has 2 aromatic carbocycles. The Morgan fingerprint density at radius 1 is 1.03 bits per heavy atom. The molecule has 0 bridgehead atoms. The molecule has 2 fully saturated rings. The zero-order chi connectivity index (χ0) is 27.5. The number of aliphatic hydroxyl groups excluding tert-OH is 1. The first-order chi connectivity index (χ1) is 18.7. The third-order valence-corrected chi connectivity index (χ3v) is 10.4. The topological polar surface area (TPSA) is 87.2 Å². The van der Waals surface area contributed by atoms with E-state index in [9.17, 15) is 19.5 Å². The molecule has 2 saturated heterocycles. The number of benzene rings is 2. The number of anilines is 1. The van der Waals surface area contributed by atoms with Crippen LogP contribution in [-0.4, -0.2) is 69.1 Å². The van der Waals surface area contributed by atoms with E-state index in [2.05, 4.69) is 0 Å². The second-order valence-corrected chi connectivity index (χ2v) is 13.4. The van der Waals surface area contributed by atoms with Gasteiger partial charge >= 0.3 is 5.97 Å². The van der Waals surface area contributed by atoms with Crippen LogP contribution >= 0.6 is 11.8 Å². The minimum absolute atomic E-state index is 0.170. The van der Waals surface area contributed by atoms with Crippen molar-refractivity contribution in [2.45, 2.75) is 48.8 Å². The Morgan fingerprint density at radius 3 is 2.54 bits per heavy atom. The van der Waals surface area contributed by atoms with Gasteiger partial charge in [0.05, 0.1) is 29.2 Å². The van der Waals surface area contributed by atoms with Gasteiger partial charge in [-0.1, -0.05) is 62.4 Å². The van der Waals surface area contributed by atoms with Crippen LogP contribution in [0.1, 0.15) is 27.2 Å². The summed E-state index contributed by atoms with van der Waals surface area (Å²) in [5.74, 6) is -2.17. The number of rotatable bonds is 5. The number of carbonyl (C=O) groups excluding carboxylic acids is 3. The van der Waals surface area contributed by atoms with Crippen molar-refractivity contribution in [3.8, 4) is 0 Å². The van der Waals surface area contributed by atoms with Crippen molar-refractivity contribution in [2.75, 3.05) is 24.7 Å². The van der Waals surface area contributed by atoms with Crippen LogP contribution in [0.5, 0.6) is 0 Å². The van der Waals surface area contributed by atoms with E-state index in [0.29, 0.717) is 13.0 Å². The number of aliphatic hydroxyl groups is 1. The molecular weight excluding hydrogens is 512 g/mol. The van der Waals surface area contributed by atoms with Crippen molar-refractivity contribution < 1.29 is 24.2 Å². The Bertz CT molecular complexity index is 1400. The molecule has 1 N–H and O–H groups in total. The summed E-state index contributed by atoms with van der Waals surface area (Å²) in [6.07, 6.45) is 8.31. The molecule has 204 valence electrons. The summed E-state index contributed by atoms with van der Waals surface area (Å²) in [7, 11) is 0. The van der Waals surface area contributed by atoms with Crippen LogP contribution < -0.4 is 4.90 Å². The zero-order valence-electron chi connectivity index (χ0n) is 22.4. The Labute approximate surface area is 232 Å². The number of nitrogens with zero attached hydrogens (tertiary/aromatic N) is 2. The molecule has 2 aromatic rings. The quantitative estimate of drug-likeness (QED) is 0.452.